The maximum Gasteiger partial charge on any atom is 0.254 e. The van der Waals surface area contributed by atoms with E-state index < -0.39 is 5.82 Å². The summed E-state index contributed by atoms with van der Waals surface area (Å²) in [5, 5.41) is 4.70. The van der Waals surface area contributed by atoms with Crippen molar-refractivity contribution < 1.29 is 9.18 Å². The molecule has 0 spiro atoms. The number of carbonyl (C=O) groups is 1. The number of nitrogens with two attached hydrogens (primary N) is 1. The highest BCUT2D eigenvalue weighted by molar-refractivity contribution is 5.99. The van der Waals surface area contributed by atoms with Crippen molar-refractivity contribution in [1.82, 2.24) is 19.0 Å². The SMILES string of the molecule is Cn1c(-c2cc3ccc4c(c3n2CC2CC2)CCN4)nc2cc(C(=O)N3C[C@H]4CC[C@@H]3[C@@H]4N)cc(F)c21. The van der Waals surface area contributed by atoms with Crippen molar-refractivity contribution in [3.05, 3.63) is 47.3 Å². The van der Waals surface area contributed by atoms with Crippen molar-refractivity contribution >= 4 is 33.5 Å². The van der Waals surface area contributed by atoms with Crippen molar-refractivity contribution in [2.75, 3.05) is 18.4 Å². The Bertz CT molecular complexity index is 1610. The van der Waals surface area contributed by atoms with E-state index in [1.807, 2.05) is 16.5 Å². The van der Waals surface area contributed by atoms with Gasteiger partial charge in [-0.05, 0) is 68.2 Å². The van der Waals surface area contributed by atoms with Crippen molar-refractivity contribution in [3.8, 4) is 11.5 Å². The van der Waals surface area contributed by atoms with Crippen LogP contribution in [0.4, 0.5) is 10.1 Å². The Labute approximate surface area is 214 Å². The number of likely N-dealkylation sites (tertiary alicyclic amines) is 1. The highest BCUT2D eigenvalue weighted by Crippen LogP contribution is 2.41. The number of fused-ring (bicyclic) bond motifs is 6. The molecule has 190 valence electrons. The summed E-state index contributed by atoms with van der Waals surface area (Å²) < 4.78 is 19.8. The Balaban J connectivity index is 1.26. The van der Waals surface area contributed by atoms with E-state index in [1.54, 1.807) is 6.07 Å². The van der Waals surface area contributed by atoms with Gasteiger partial charge in [-0.2, -0.15) is 0 Å². The van der Waals surface area contributed by atoms with Crippen LogP contribution in [0, 0.1) is 17.7 Å². The largest absolute Gasteiger partial charge is 0.384 e. The lowest BCUT2D eigenvalue weighted by molar-refractivity contribution is 0.0700. The molecule has 3 fully saturated rings. The Hall–Kier alpha value is -3.39. The monoisotopic (exact) mass is 498 g/mol. The number of benzene rings is 2. The third-order valence-electron chi connectivity index (χ3n) is 9.31. The molecule has 0 radical (unpaired) electrons. The summed E-state index contributed by atoms with van der Waals surface area (Å²) in [6, 6.07) is 9.77. The Morgan fingerprint density at radius 2 is 2.03 bits per heavy atom. The Morgan fingerprint density at radius 1 is 1.16 bits per heavy atom. The van der Waals surface area contributed by atoms with Crippen LogP contribution in [0.15, 0.2) is 30.3 Å². The van der Waals surface area contributed by atoms with Gasteiger partial charge in [0.05, 0.1) is 16.7 Å². The number of imidazole rings is 1. The van der Waals surface area contributed by atoms with Gasteiger partial charge in [-0.25, -0.2) is 9.37 Å². The molecule has 37 heavy (non-hydrogen) atoms. The van der Waals surface area contributed by atoms with Crippen LogP contribution in [0.1, 0.15) is 41.6 Å². The van der Waals surface area contributed by atoms with Crippen LogP contribution in [-0.4, -0.2) is 50.1 Å². The van der Waals surface area contributed by atoms with Gasteiger partial charge in [0.2, 0.25) is 0 Å². The number of aromatic nitrogens is 3. The minimum atomic E-state index is -0.411. The molecular weight excluding hydrogens is 467 g/mol. The summed E-state index contributed by atoms with van der Waals surface area (Å²) in [5.41, 5.74) is 12.5. The number of hydrogen-bond donors (Lipinski definition) is 2. The second kappa shape index (κ2) is 7.57. The van der Waals surface area contributed by atoms with E-state index in [0.29, 0.717) is 35.0 Å². The van der Waals surface area contributed by atoms with E-state index >= 15 is 4.39 Å². The molecule has 3 N–H and O–H groups in total. The van der Waals surface area contributed by atoms with Gasteiger partial charge in [0.25, 0.3) is 5.91 Å². The summed E-state index contributed by atoms with van der Waals surface area (Å²) in [4.78, 5) is 20.2. The van der Waals surface area contributed by atoms with Crippen LogP contribution in [0.2, 0.25) is 0 Å². The molecule has 1 saturated heterocycles. The molecule has 4 aromatic rings. The van der Waals surface area contributed by atoms with E-state index in [9.17, 15) is 4.79 Å². The third kappa shape index (κ3) is 3.08. The lowest BCUT2D eigenvalue weighted by Crippen LogP contribution is -2.41. The van der Waals surface area contributed by atoms with E-state index in [-0.39, 0.29) is 18.0 Å². The van der Waals surface area contributed by atoms with Crippen LogP contribution < -0.4 is 11.1 Å². The quantitative estimate of drug-likeness (QED) is 0.440. The third-order valence-corrected chi connectivity index (χ3v) is 9.31. The summed E-state index contributed by atoms with van der Waals surface area (Å²) in [7, 11) is 1.87. The molecule has 3 atom stereocenters. The summed E-state index contributed by atoms with van der Waals surface area (Å²) in [6.45, 7) is 2.57. The van der Waals surface area contributed by atoms with Gasteiger partial charge in [0.1, 0.15) is 11.3 Å². The zero-order valence-electron chi connectivity index (χ0n) is 21.0. The molecule has 4 heterocycles. The molecule has 2 bridgehead atoms. The molecule has 0 unspecified atom stereocenters. The van der Waals surface area contributed by atoms with Gasteiger partial charge in [-0.1, -0.05) is 6.07 Å². The van der Waals surface area contributed by atoms with Crippen LogP contribution in [0.5, 0.6) is 0 Å². The van der Waals surface area contributed by atoms with Crippen molar-refractivity contribution in [1.29, 1.82) is 0 Å². The molecular formula is C29H31FN6O. The molecule has 8 rings (SSSR count). The average Bonchev–Trinajstić information content (AvgIpc) is 3.22. The van der Waals surface area contributed by atoms with E-state index in [2.05, 4.69) is 28.1 Å². The summed E-state index contributed by atoms with van der Waals surface area (Å²) in [5.74, 6) is 1.22. The first-order valence-corrected chi connectivity index (χ1v) is 13.6. The first-order chi connectivity index (χ1) is 18.0. The fourth-order valence-corrected chi connectivity index (χ4v) is 7.21. The molecule has 2 aromatic carbocycles. The molecule has 7 nitrogen and oxygen atoms in total. The van der Waals surface area contributed by atoms with Gasteiger partial charge < -0.3 is 25.1 Å². The maximum atomic E-state index is 15.6. The molecule has 8 heteroatoms. The molecule has 2 aliphatic carbocycles. The van der Waals surface area contributed by atoms with Gasteiger partial charge in [-0.3, -0.25) is 4.79 Å². The number of rotatable bonds is 4. The van der Waals surface area contributed by atoms with Crippen molar-refractivity contribution in [2.45, 2.75) is 50.7 Å². The molecule has 2 aliphatic heterocycles. The second-order valence-corrected chi connectivity index (χ2v) is 11.5. The average molecular weight is 499 g/mol. The molecule has 1 amide bonds. The second-order valence-electron chi connectivity index (χ2n) is 11.5. The first-order valence-electron chi connectivity index (χ1n) is 13.6. The smallest absolute Gasteiger partial charge is 0.254 e. The molecule has 2 aromatic heterocycles. The number of anilines is 1. The fraction of sp³-hybridized carbons (Fsp3) is 0.448. The van der Waals surface area contributed by atoms with Gasteiger partial charge in [0, 0.05) is 61.0 Å². The number of nitrogens with zero attached hydrogens (tertiary/aromatic N) is 4. The lowest BCUT2D eigenvalue weighted by Gasteiger charge is -2.27. The number of halogens is 1. The fourth-order valence-electron chi connectivity index (χ4n) is 7.21. The first kappa shape index (κ1) is 21.7. The minimum absolute atomic E-state index is 0.0315. The zero-order chi connectivity index (χ0) is 25.0. The van der Waals surface area contributed by atoms with E-state index in [0.717, 1.165) is 43.9 Å². The van der Waals surface area contributed by atoms with E-state index in [1.165, 1.54) is 41.1 Å². The minimum Gasteiger partial charge on any atom is -0.384 e. The van der Waals surface area contributed by atoms with Crippen LogP contribution in [-0.2, 0) is 20.0 Å². The predicted molar refractivity (Wildman–Crippen MR) is 142 cm³/mol. The van der Waals surface area contributed by atoms with Gasteiger partial charge in [0.15, 0.2) is 5.82 Å². The van der Waals surface area contributed by atoms with E-state index in [4.69, 9.17) is 10.7 Å². The number of nitrogens with one attached hydrogen (secondary N) is 1. The van der Waals surface area contributed by atoms with Crippen LogP contribution >= 0.6 is 0 Å². The van der Waals surface area contributed by atoms with Gasteiger partial charge >= 0.3 is 0 Å². The highest BCUT2D eigenvalue weighted by atomic mass is 19.1. The summed E-state index contributed by atoms with van der Waals surface area (Å²) >= 11 is 0. The number of piperidine rings is 1. The zero-order valence-corrected chi connectivity index (χ0v) is 21.0. The molecule has 2 saturated carbocycles. The molecule has 4 aliphatic rings. The number of hydrogen-bond acceptors (Lipinski definition) is 4. The highest BCUT2D eigenvalue weighted by Gasteiger charge is 2.47. The van der Waals surface area contributed by atoms with Crippen molar-refractivity contribution in [2.24, 2.45) is 24.6 Å². The topological polar surface area (TPSA) is 81.1 Å². The Kier molecular flexibility index (Phi) is 4.43. The summed E-state index contributed by atoms with van der Waals surface area (Å²) in [6.07, 6.45) is 5.50. The van der Waals surface area contributed by atoms with Crippen LogP contribution in [0.25, 0.3) is 33.5 Å². The number of amides is 1. The number of carbonyl (C=O) groups excluding carboxylic acids is 1. The predicted octanol–water partition coefficient (Wildman–Crippen LogP) is 4.27. The van der Waals surface area contributed by atoms with Crippen LogP contribution in [0.3, 0.4) is 0 Å². The normalized spacial score (nSPS) is 24.4. The maximum absolute atomic E-state index is 15.6. The lowest BCUT2D eigenvalue weighted by atomic mass is 10.1. The standard InChI is InChI=1S/C29H31FN6O/c1-34-27-20(30)10-18(29(37)36-14-17-5-7-23(36)25(17)31)11-22(27)33-28(34)24-12-16-4-6-21-19(8-9-32-21)26(16)35(24)13-15-2-3-15/h4,6,10-12,15,17,23,25,32H,2-3,5,7-9,13-14,31H2,1H3/t17-,23-,25-/m1/s1. The van der Waals surface area contributed by atoms with Gasteiger partial charge in [-0.15, -0.1) is 0 Å². The van der Waals surface area contributed by atoms with Crippen molar-refractivity contribution in [3.63, 3.8) is 0 Å². The Morgan fingerprint density at radius 3 is 2.78 bits per heavy atom. The number of aryl methyl sites for hydroxylation is 1.